The second-order valence-corrected chi connectivity index (χ2v) is 5.02. The number of carbonyl (C=O) groups excluding carboxylic acids is 1. The molecule has 0 saturated carbocycles. The highest BCUT2D eigenvalue weighted by Crippen LogP contribution is 2.38. The maximum Gasteiger partial charge on any atom is 0.264 e. The van der Waals surface area contributed by atoms with Gasteiger partial charge < -0.3 is 14.4 Å². The summed E-state index contributed by atoms with van der Waals surface area (Å²) < 4.78 is 10.5. The van der Waals surface area contributed by atoms with Crippen molar-refractivity contribution in [2.24, 2.45) is 5.92 Å². The lowest BCUT2D eigenvalue weighted by atomic mass is 9.86. The first kappa shape index (κ1) is 12.1. The van der Waals surface area contributed by atoms with E-state index in [9.17, 15) is 4.79 Å². The second-order valence-electron chi connectivity index (χ2n) is 5.02. The minimum absolute atomic E-state index is 0.0575. The molecule has 0 bridgehead atoms. The second kappa shape index (κ2) is 4.61. The van der Waals surface area contributed by atoms with Gasteiger partial charge in [-0.2, -0.15) is 0 Å². The number of rotatable bonds is 2. The van der Waals surface area contributed by atoms with E-state index in [1.54, 1.807) is 18.3 Å². The third kappa shape index (κ3) is 1.97. The van der Waals surface area contributed by atoms with Gasteiger partial charge in [-0.3, -0.25) is 4.79 Å². The maximum atomic E-state index is 12.2. The van der Waals surface area contributed by atoms with Crippen LogP contribution in [0.2, 0.25) is 0 Å². The van der Waals surface area contributed by atoms with E-state index in [0.717, 1.165) is 17.7 Å². The predicted molar refractivity (Wildman–Crippen MR) is 70.6 cm³/mol. The van der Waals surface area contributed by atoms with Gasteiger partial charge in [0.25, 0.3) is 5.91 Å². The van der Waals surface area contributed by atoms with Crippen molar-refractivity contribution in [2.75, 3.05) is 14.2 Å². The van der Waals surface area contributed by atoms with Gasteiger partial charge in [-0.1, -0.05) is 12.1 Å². The Kier molecular flexibility index (Phi) is 2.93. The van der Waals surface area contributed by atoms with Crippen LogP contribution < -0.4 is 4.74 Å². The van der Waals surface area contributed by atoms with Crippen LogP contribution in [0.1, 0.15) is 18.0 Å². The van der Waals surface area contributed by atoms with Crippen LogP contribution in [0.4, 0.5) is 0 Å². The molecular weight excluding hydrogens is 242 g/mol. The van der Waals surface area contributed by atoms with E-state index >= 15 is 0 Å². The van der Waals surface area contributed by atoms with Crippen LogP contribution in [0.15, 0.2) is 36.6 Å². The van der Waals surface area contributed by atoms with Gasteiger partial charge >= 0.3 is 0 Å². The quantitative estimate of drug-likeness (QED) is 0.816. The Labute approximate surface area is 112 Å². The Bertz CT molecular complexity index is 509. The Morgan fingerprint density at radius 2 is 2.05 bits per heavy atom. The third-order valence-corrected chi connectivity index (χ3v) is 3.99. The molecule has 1 aromatic rings. The van der Waals surface area contributed by atoms with E-state index in [1.807, 2.05) is 37.4 Å². The summed E-state index contributed by atoms with van der Waals surface area (Å²) in [6.07, 6.45) is 4.22. The normalized spacial score (nSPS) is 29.1. The van der Waals surface area contributed by atoms with E-state index in [1.165, 1.54) is 0 Å². The molecule has 0 unspecified atom stereocenters. The van der Waals surface area contributed by atoms with Gasteiger partial charge in [-0.25, -0.2) is 0 Å². The summed E-state index contributed by atoms with van der Waals surface area (Å²) in [4.78, 5) is 14.0. The highest BCUT2D eigenvalue weighted by molar-refractivity contribution is 5.83. The molecule has 2 aliphatic heterocycles. The summed E-state index contributed by atoms with van der Waals surface area (Å²) in [7, 11) is 3.49. The molecule has 4 heteroatoms. The average Bonchev–Trinajstić information content (AvgIpc) is 2.91. The molecule has 2 aliphatic rings. The van der Waals surface area contributed by atoms with E-state index < -0.39 is 0 Å². The van der Waals surface area contributed by atoms with Gasteiger partial charge in [0, 0.05) is 13.0 Å². The van der Waals surface area contributed by atoms with Crippen molar-refractivity contribution < 1.29 is 14.3 Å². The largest absolute Gasteiger partial charge is 0.497 e. The van der Waals surface area contributed by atoms with Crippen LogP contribution in [-0.4, -0.2) is 31.1 Å². The predicted octanol–water partition coefficient (Wildman–Crippen LogP) is 2.13. The van der Waals surface area contributed by atoms with Gasteiger partial charge in [0.2, 0.25) is 0 Å². The summed E-state index contributed by atoms with van der Waals surface area (Å²) in [5.41, 5.74) is 1.13. The van der Waals surface area contributed by atoms with Crippen LogP contribution in [-0.2, 0) is 9.53 Å². The standard InChI is InChI=1S/C15H17NO3/c1-16-13(10-3-5-12(18-2)6-4-10)9-11-7-8-19-14(11)15(16)17/h3-8,11,13-14H,9H2,1-2H3/t11-,13+,14+/m1/s1. The fraction of sp³-hybridized carbons (Fsp3) is 0.400. The van der Waals surface area contributed by atoms with Gasteiger partial charge in [-0.15, -0.1) is 0 Å². The fourth-order valence-corrected chi connectivity index (χ4v) is 2.83. The van der Waals surface area contributed by atoms with E-state index in [2.05, 4.69) is 0 Å². The Morgan fingerprint density at radius 3 is 2.74 bits per heavy atom. The summed E-state index contributed by atoms with van der Waals surface area (Å²) in [6.45, 7) is 0. The molecule has 1 saturated heterocycles. The summed E-state index contributed by atoms with van der Waals surface area (Å²) >= 11 is 0. The first-order chi connectivity index (χ1) is 9.20. The third-order valence-electron chi connectivity index (χ3n) is 3.99. The number of piperidine rings is 1. The molecule has 0 aromatic heterocycles. The maximum absolute atomic E-state index is 12.2. The van der Waals surface area contributed by atoms with Crippen molar-refractivity contribution in [1.29, 1.82) is 0 Å². The highest BCUT2D eigenvalue weighted by Gasteiger charge is 2.42. The van der Waals surface area contributed by atoms with Gasteiger partial charge in [0.1, 0.15) is 5.75 Å². The molecule has 1 fully saturated rings. The average molecular weight is 259 g/mol. The van der Waals surface area contributed by atoms with Crippen molar-refractivity contribution in [3.8, 4) is 5.75 Å². The monoisotopic (exact) mass is 259 g/mol. The van der Waals surface area contributed by atoms with Crippen molar-refractivity contribution in [1.82, 2.24) is 4.90 Å². The van der Waals surface area contributed by atoms with Gasteiger partial charge in [0.15, 0.2) is 6.10 Å². The molecule has 2 heterocycles. The number of ether oxygens (including phenoxy) is 2. The lowest BCUT2D eigenvalue weighted by molar-refractivity contribution is -0.147. The molecule has 0 radical (unpaired) electrons. The van der Waals surface area contributed by atoms with Crippen LogP contribution in [0.3, 0.4) is 0 Å². The molecular formula is C15H17NO3. The van der Waals surface area contributed by atoms with Crippen LogP contribution in [0, 0.1) is 5.92 Å². The summed E-state index contributed by atoms with van der Waals surface area (Å²) in [5, 5.41) is 0. The minimum atomic E-state index is -0.320. The van der Waals surface area contributed by atoms with Crippen LogP contribution >= 0.6 is 0 Å². The van der Waals surface area contributed by atoms with E-state index in [-0.39, 0.29) is 24.0 Å². The van der Waals surface area contributed by atoms with Crippen molar-refractivity contribution in [3.05, 3.63) is 42.2 Å². The molecule has 1 aromatic carbocycles. The molecule has 100 valence electrons. The fourth-order valence-electron chi connectivity index (χ4n) is 2.83. The number of methoxy groups -OCH3 is 1. The summed E-state index contributed by atoms with van der Waals surface area (Å²) in [5.74, 6) is 1.08. The lowest BCUT2D eigenvalue weighted by Crippen LogP contribution is -2.47. The first-order valence-corrected chi connectivity index (χ1v) is 6.43. The number of hydrogen-bond donors (Lipinski definition) is 0. The number of amides is 1. The lowest BCUT2D eigenvalue weighted by Gasteiger charge is -2.38. The number of nitrogens with zero attached hydrogens (tertiary/aromatic N) is 1. The van der Waals surface area contributed by atoms with Gasteiger partial charge in [-0.05, 0) is 30.2 Å². The molecule has 0 N–H and O–H groups in total. The molecule has 0 aliphatic carbocycles. The number of carbonyl (C=O) groups is 1. The first-order valence-electron chi connectivity index (χ1n) is 6.43. The zero-order chi connectivity index (χ0) is 13.4. The van der Waals surface area contributed by atoms with E-state index in [0.29, 0.717) is 0 Å². The molecule has 3 rings (SSSR count). The number of likely N-dealkylation sites (N-methyl/N-ethyl adjacent to an activating group) is 1. The minimum Gasteiger partial charge on any atom is -0.497 e. The zero-order valence-electron chi connectivity index (χ0n) is 11.1. The van der Waals surface area contributed by atoms with Crippen molar-refractivity contribution in [2.45, 2.75) is 18.6 Å². The van der Waals surface area contributed by atoms with E-state index in [4.69, 9.17) is 9.47 Å². The van der Waals surface area contributed by atoms with Crippen molar-refractivity contribution >= 4 is 5.91 Å². The summed E-state index contributed by atoms with van der Waals surface area (Å²) in [6, 6.07) is 8.01. The molecule has 1 amide bonds. The Hall–Kier alpha value is -1.97. The Morgan fingerprint density at radius 1 is 1.32 bits per heavy atom. The highest BCUT2D eigenvalue weighted by atomic mass is 16.5. The number of hydrogen-bond acceptors (Lipinski definition) is 3. The SMILES string of the molecule is COc1ccc([C@@H]2C[C@H]3C=CO[C@@H]3C(=O)N2C)cc1. The number of likely N-dealkylation sites (tertiary alicyclic amines) is 1. The molecule has 0 spiro atoms. The zero-order valence-corrected chi connectivity index (χ0v) is 11.1. The number of fused-ring (bicyclic) bond motifs is 1. The Balaban J connectivity index is 1.86. The van der Waals surface area contributed by atoms with Gasteiger partial charge in [0.05, 0.1) is 19.4 Å². The molecule has 3 atom stereocenters. The molecule has 19 heavy (non-hydrogen) atoms. The molecule has 4 nitrogen and oxygen atoms in total. The van der Waals surface area contributed by atoms with Crippen molar-refractivity contribution in [3.63, 3.8) is 0 Å². The van der Waals surface area contributed by atoms with Crippen LogP contribution in [0.25, 0.3) is 0 Å². The topological polar surface area (TPSA) is 38.8 Å². The number of benzene rings is 1. The van der Waals surface area contributed by atoms with Crippen LogP contribution in [0.5, 0.6) is 5.75 Å². The smallest absolute Gasteiger partial charge is 0.264 e.